The molecular formula is C15H18Cl2N2O5S. The van der Waals surface area contributed by atoms with E-state index >= 15 is 0 Å². The zero-order chi connectivity index (χ0) is 18.8. The number of amides is 1. The maximum atomic E-state index is 12.3. The average Bonchev–Trinajstić information content (AvgIpc) is 2.89. The average molecular weight is 409 g/mol. The summed E-state index contributed by atoms with van der Waals surface area (Å²) in [7, 11) is -3.12. The summed E-state index contributed by atoms with van der Waals surface area (Å²) in [5.41, 5.74) is 5.70. The Morgan fingerprint density at radius 1 is 1.36 bits per heavy atom. The first kappa shape index (κ1) is 19.8. The highest BCUT2D eigenvalue weighted by molar-refractivity contribution is 7.91. The molecule has 1 amide bonds. The maximum Gasteiger partial charge on any atom is 0.340 e. The Balaban J connectivity index is 2.02. The fraction of sp³-hybridized carbons (Fsp3) is 0.467. The summed E-state index contributed by atoms with van der Waals surface area (Å²) in [4.78, 5) is 25.8. The van der Waals surface area contributed by atoms with Crippen molar-refractivity contribution in [3.05, 3.63) is 27.7 Å². The normalized spacial score (nSPS) is 18.8. The Kier molecular flexibility index (Phi) is 6.18. The van der Waals surface area contributed by atoms with Crippen molar-refractivity contribution in [2.45, 2.75) is 19.4 Å². The van der Waals surface area contributed by atoms with E-state index in [1.807, 2.05) is 0 Å². The predicted molar refractivity (Wildman–Crippen MR) is 95.6 cm³/mol. The molecule has 0 spiro atoms. The van der Waals surface area contributed by atoms with Crippen LogP contribution in [0.25, 0.3) is 0 Å². The number of hydrogen-bond acceptors (Lipinski definition) is 6. The van der Waals surface area contributed by atoms with Crippen molar-refractivity contribution in [3.8, 4) is 0 Å². The Morgan fingerprint density at radius 2 is 2.04 bits per heavy atom. The lowest BCUT2D eigenvalue weighted by Crippen LogP contribution is -2.43. The number of halogens is 2. The molecular weight excluding hydrogens is 391 g/mol. The van der Waals surface area contributed by atoms with E-state index in [-0.39, 0.29) is 32.8 Å². The van der Waals surface area contributed by atoms with E-state index in [0.717, 1.165) is 0 Å². The van der Waals surface area contributed by atoms with Crippen LogP contribution in [0.15, 0.2) is 12.1 Å². The highest BCUT2D eigenvalue weighted by atomic mass is 35.5. The number of esters is 1. The van der Waals surface area contributed by atoms with Crippen molar-refractivity contribution >= 4 is 50.6 Å². The smallest absolute Gasteiger partial charge is 0.340 e. The number of nitrogens with two attached hydrogens (primary N) is 1. The Bertz CT molecular complexity index is 797. The fourth-order valence-corrected chi connectivity index (χ4v) is 4.93. The van der Waals surface area contributed by atoms with Crippen molar-refractivity contribution in [2.24, 2.45) is 0 Å². The van der Waals surface area contributed by atoms with Gasteiger partial charge in [0.25, 0.3) is 5.91 Å². The number of carbonyl (C=O) groups excluding carboxylic acids is 2. The summed E-state index contributed by atoms with van der Waals surface area (Å²) in [5, 5.41) is 0.320. The molecule has 1 aromatic rings. The van der Waals surface area contributed by atoms with E-state index in [2.05, 4.69) is 0 Å². The van der Waals surface area contributed by atoms with Crippen LogP contribution in [0.2, 0.25) is 10.0 Å². The largest absolute Gasteiger partial charge is 0.452 e. The Hall–Kier alpha value is -1.51. The molecule has 0 aromatic heterocycles. The predicted octanol–water partition coefficient (Wildman–Crippen LogP) is 1.77. The fourth-order valence-electron chi connectivity index (χ4n) is 2.70. The van der Waals surface area contributed by atoms with Crippen LogP contribution < -0.4 is 5.73 Å². The molecule has 2 N–H and O–H groups in total. The molecule has 1 aromatic carbocycles. The third kappa shape index (κ3) is 4.77. The highest BCUT2D eigenvalue weighted by Crippen LogP contribution is 2.28. The quantitative estimate of drug-likeness (QED) is 0.587. The molecule has 1 saturated heterocycles. The molecule has 0 saturated carbocycles. The van der Waals surface area contributed by atoms with Gasteiger partial charge in [0.1, 0.15) is 0 Å². The zero-order valence-electron chi connectivity index (χ0n) is 13.5. The van der Waals surface area contributed by atoms with Crippen molar-refractivity contribution in [1.82, 2.24) is 4.90 Å². The van der Waals surface area contributed by atoms with Gasteiger partial charge in [-0.3, -0.25) is 4.79 Å². The third-order valence-electron chi connectivity index (χ3n) is 3.95. The molecule has 1 fully saturated rings. The van der Waals surface area contributed by atoms with Crippen molar-refractivity contribution in [3.63, 3.8) is 0 Å². The number of likely N-dealkylation sites (N-methyl/N-ethyl adjacent to an activating group) is 1. The number of carbonyl (C=O) groups is 2. The zero-order valence-corrected chi connectivity index (χ0v) is 15.8. The lowest BCUT2D eigenvalue weighted by molar-refractivity contribution is -0.136. The standard InChI is InChI=1S/C15H18Cl2N2O5S/c1-2-19(10-3-4-25(22,23)8-10)13(20)7-24-15(21)11-5-9(16)6-12(17)14(11)18/h5-6,10H,2-4,7-8,18H2,1H3/t10-/m0/s1. The molecule has 0 bridgehead atoms. The van der Waals surface area contributed by atoms with Crippen LogP contribution in [0.5, 0.6) is 0 Å². The van der Waals surface area contributed by atoms with Crippen LogP contribution in [-0.2, 0) is 19.4 Å². The number of hydrogen-bond donors (Lipinski definition) is 1. The van der Waals surface area contributed by atoms with Gasteiger partial charge in [-0.05, 0) is 25.5 Å². The number of nitrogens with zero attached hydrogens (tertiary/aromatic N) is 1. The van der Waals surface area contributed by atoms with Gasteiger partial charge in [-0.15, -0.1) is 0 Å². The lowest BCUT2D eigenvalue weighted by atomic mass is 10.2. The maximum absolute atomic E-state index is 12.3. The number of nitrogen functional groups attached to an aromatic ring is 1. The molecule has 2 rings (SSSR count). The SMILES string of the molecule is CCN(C(=O)COC(=O)c1cc(Cl)cc(Cl)c1N)[C@H]1CCS(=O)(=O)C1. The number of rotatable bonds is 5. The van der Waals surface area contributed by atoms with Gasteiger partial charge in [-0.1, -0.05) is 23.2 Å². The molecule has 0 radical (unpaired) electrons. The van der Waals surface area contributed by atoms with Gasteiger partial charge >= 0.3 is 5.97 Å². The van der Waals surface area contributed by atoms with Gasteiger partial charge in [-0.2, -0.15) is 0 Å². The topological polar surface area (TPSA) is 107 Å². The minimum Gasteiger partial charge on any atom is -0.452 e. The minimum atomic E-state index is -3.12. The van der Waals surface area contributed by atoms with Gasteiger partial charge in [0.05, 0.1) is 27.8 Å². The van der Waals surface area contributed by atoms with E-state index in [1.54, 1.807) is 6.92 Å². The second-order valence-corrected chi connectivity index (χ2v) is 8.73. The summed E-state index contributed by atoms with van der Waals surface area (Å²) >= 11 is 11.7. The number of sulfone groups is 1. The van der Waals surface area contributed by atoms with E-state index in [1.165, 1.54) is 17.0 Å². The van der Waals surface area contributed by atoms with Crippen LogP contribution in [0.1, 0.15) is 23.7 Å². The molecule has 138 valence electrons. The van der Waals surface area contributed by atoms with E-state index in [9.17, 15) is 18.0 Å². The second-order valence-electron chi connectivity index (χ2n) is 5.66. The lowest BCUT2D eigenvalue weighted by Gasteiger charge is -2.26. The first-order chi connectivity index (χ1) is 11.6. The molecule has 1 aliphatic rings. The van der Waals surface area contributed by atoms with Gasteiger partial charge in [0.2, 0.25) is 0 Å². The summed E-state index contributed by atoms with van der Waals surface area (Å²) < 4.78 is 28.1. The first-order valence-corrected chi connectivity index (χ1v) is 10.1. The van der Waals surface area contributed by atoms with Crippen molar-refractivity contribution < 1.29 is 22.7 Å². The number of ether oxygens (including phenoxy) is 1. The molecule has 0 unspecified atom stereocenters. The summed E-state index contributed by atoms with van der Waals surface area (Å²) in [6, 6.07) is 2.29. The van der Waals surface area contributed by atoms with Crippen molar-refractivity contribution in [1.29, 1.82) is 0 Å². The summed E-state index contributed by atoms with van der Waals surface area (Å²) in [6.45, 7) is 1.54. The Labute approximate surface area is 155 Å². The molecule has 1 atom stereocenters. The third-order valence-corrected chi connectivity index (χ3v) is 6.23. The molecule has 1 heterocycles. The molecule has 0 aliphatic carbocycles. The van der Waals surface area contributed by atoms with Crippen LogP contribution in [0, 0.1) is 0 Å². The monoisotopic (exact) mass is 408 g/mol. The van der Waals surface area contributed by atoms with Gasteiger partial charge in [-0.25, -0.2) is 13.2 Å². The number of anilines is 1. The molecule has 10 heteroatoms. The van der Waals surface area contributed by atoms with E-state index < -0.39 is 34.4 Å². The highest BCUT2D eigenvalue weighted by Gasteiger charge is 2.34. The van der Waals surface area contributed by atoms with Gasteiger partial charge in [0, 0.05) is 17.6 Å². The van der Waals surface area contributed by atoms with Crippen LogP contribution >= 0.6 is 23.2 Å². The molecule has 1 aliphatic heterocycles. The summed E-state index contributed by atoms with van der Waals surface area (Å²) in [6.07, 6.45) is 0.382. The molecule has 25 heavy (non-hydrogen) atoms. The van der Waals surface area contributed by atoms with Gasteiger partial charge < -0.3 is 15.4 Å². The van der Waals surface area contributed by atoms with Crippen LogP contribution in [0.3, 0.4) is 0 Å². The van der Waals surface area contributed by atoms with Gasteiger partial charge in [0.15, 0.2) is 16.4 Å². The summed E-state index contributed by atoms with van der Waals surface area (Å²) in [5.74, 6) is -1.31. The van der Waals surface area contributed by atoms with Crippen molar-refractivity contribution in [2.75, 3.05) is 30.4 Å². The Morgan fingerprint density at radius 3 is 2.60 bits per heavy atom. The van der Waals surface area contributed by atoms with E-state index in [4.69, 9.17) is 33.7 Å². The van der Waals surface area contributed by atoms with E-state index in [0.29, 0.717) is 13.0 Å². The molecule has 7 nitrogen and oxygen atoms in total. The first-order valence-electron chi connectivity index (χ1n) is 7.56. The van der Waals surface area contributed by atoms with Crippen LogP contribution in [0.4, 0.5) is 5.69 Å². The second kappa shape index (κ2) is 7.80. The number of benzene rings is 1. The minimum absolute atomic E-state index is 0.0118. The van der Waals surface area contributed by atoms with Crippen LogP contribution in [-0.4, -0.2) is 55.9 Å².